The summed E-state index contributed by atoms with van der Waals surface area (Å²) in [6, 6.07) is 14.4. The van der Waals surface area contributed by atoms with Gasteiger partial charge in [-0.05, 0) is 56.5 Å². The van der Waals surface area contributed by atoms with Crippen molar-refractivity contribution in [2.45, 2.75) is 31.7 Å². The average molecular weight is 414 g/mol. The number of rotatable bonds is 6. The zero-order chi connectivity index (χ0) is 20.1. The van der Waals surface area contributed by atoms with Gasteiger partial charge in [0.05, 0.1) is 6.04 Å². The fraction of sp³-hybridized carbons (Fsp3) is 0.500. The topological polar surface area (TPSA) is 61.4 Å². The minimum Gasteiger partial charge on any atom is -0.355 e. The van der Waals surface area contributed by atoms with E-state index in [-0.39, 0.29) is 17.9 Å². The Labute approximate surface area is 177 Å². The van der Waals surface area contributed by atoms with Gasteiger partial charge in [-0.15, -0.1) is 10.2 Å². The summed E-state index contributed by atoms with van der Waals surface area (Å²) in [5.41, 5.74) is 1.28. The average Bonchev–Trinajstić information content (AvgIpc) is 3.30. The molecule has 2 aromatic rings. The maximum absolute atomic E-state index is 12.8. The van der Waals surface area contributed by atoms with Crippen LogP contribution in [-0.2, 0) is 4.79 Å². The maximum Gasteiger partial charge on any atom is 0.223 e. The fourth-order valence-corrected chi connectivity index (χ4v) is 4.48. The summed E-state index contributed by atoms with van der Waals surface area (Å²) >= 11 is 5.82. The first-order valence-corrected chi connectivity index (χ1v) is 10.9. The SMILES string of the molecule is O=C(NC[C@H](c1ccccc1)N1CCCC1)C1CCN(c2ccc(Cl)nn2)CC1. The van der Waals surface area contributed by atoms with Gasteiger partial charge >= 0.3 is 0 Å². The van der Waals surface area contributed by atoms with Crippen molar-refractivity contribution in [2.75, 3.05) is 37.6 Å². The number of amides is 1. The number of anilines is 1. The Balaban J connectivity index is 1.31. The molecule has 2 aliphatic rings. The van der Waals surface area contributed by atoms with Gasteiger partial charge in [0.1, 0.15) is 0 Å². The van der Waals surface area contributed by atoms with E-state index in [4.69, 9.17) is 11.6 Å². The number of hydrogen-bond acceptors (Lipinski definition) is 5. The van der Waals surface area contributed by atoms with E-state index in [9.17, 15) is 4.79 Å². The standard InChI is InChI=1S/C22H28ClN5O/c23-20-8-9-21(26-25-20)28-14-10-18(11-15-28)22(29)24-16-19(27-12-4-5-13-27)17-6-2-1-3-7-17/h1-3,6-9,18-19H,4-5,10-16H2,(H,24,29)/t19-/m1/s1. The van der Waals surface area contributed by atoms with Gasteiger partial charge in [-0.25, -0.2) is 0 Å². The van der Waals surface area contributed by atoms with E-state index in [1.807, 2.05) is 12.1 Å². The first kappa shape index (κ1) is 20.1. The molecule has 1 aromatic heterocycles. The number of hydrogen-bond donors (Lipinski definition) is 1. The monoisotopic (exact) mass is 413 g/mol. The van der Waals surface area contributed by atoms with E-state index < -0.39 is 0 Å². The van der Waals surface area contributed by atoms with Crippen LogP contribution in [0.1, 0.15) is 37.3 Å². The van der Waals surface area contributed by atoms with Crippen LogP contribution >= 0.6 is 11.6 Å². The molecule has 0 bridgehead atoms. The van der Waals surface area contributed by atoms with Crippen LogP contribution in [0.3, 0.4) is 0 Å². The third-order valence-electron chi connectivity index (χ3n) is 6.04. The third-order valence-corrected chi connectivity index (χ3v) is 6.24. The van der Waals surface area contributed by atoms with Crippen LogP contribution in [-0.4, -0.2) is 53.7 Å². The second kappa shape index (κ2) is 9.55. The molecule has 3 heterocycles. The van der Waals surface area contributed by atoms with E-state index in [1.54, 1.807) is 6.07 Å². The van der Waals surface area contributed by atoms with Crippen molar-refractivity contribution < 1.29 is 4.79 Å². The molecule has 0 aliphatic carbocycles. The van der Waals surface area contributed by atoms with Crippen molar-refractivity contribution in [1.82, 2.24) is 20.4 Å². The number of halogens is 1. The molecule has 2 saturated heterocycles. The molecule has 154 valence electrons. The minimum absolute atomic E-state index is 0.0570. The zero-order valence-electron chi connectivity index (χ0n) is 16.6. The maximum atomic E-state index is 12.8. The van der Waals surface area contributed by atoms with Crippen LogP contribution in [0, 0.1) is 5.92 Å². The van der Waals surface area contributed by atoms with Crippen LogP contribution in [0.25, 0.3) is 0 Å². The lowest BCUT2D eigenvalue weighted by atomic mass is 9.95. The molecule has 0 radical (unpaired) electrons. The Kier molecular flexibility index (Phi) is 6.62. The molecule has 2 fully saturated rings. The summed E-state index contributed by atoms with van der Waals surface area (Å²) in [7, 11) is 0. The molecule has 0 spiro atoms. The highest BCUT2D eigenvalue weighted by molar-refractivity contribution is 6.29. The second-order valence-corrected chi connectivity index (χ2v) is 8.28. The molecule has 6 nitrogen and oxygen atoms in total. The van der Waals surface area contributed by atoms with Crippen LogP contribution in [0.2, 0.25) is 5.15 Å². The van der Waals surface area contributed by atoms with Gasteiger partial charge in [-0.1, -0.05) is 41.9 Å². The van der Waals surface area contributed by atoms with E-state index in [2.05, 4.69) is 49.6 Å². The highest BCUT2D eigenvalue weighted by Gasteiger charge is 2.28. The first-order chi connectivity index (χ1) is 14.2. The lowest BCUT2D eigenvalue weighted by Gasteiger charge is -2.33. The van der Waals surface area contributed by atoms with Crippen molar-refractivity contribution in [3.05, 3.63) is 53.2 Å². The van der Waals surface area contributed by atoms with Crippen LogP contribution in [0.4, 0.5) is 5.82 Å². The van der Waals surface area contributed by atoms with E-state index >= 15 is 0 Å². The minimum atomic E-state index is 0.0570. The van der Waals surface area contributed by atoms with Gasteiger partial charge in [0.15, 0.2) is 11.0 Å². The van der Waals surface area contributed by atoms with Gasteiger partial charge in [-0.2, -0.15) is 0 Å². The van der Waals surface area contributed by atoms with Gasteiger partial charge < -0.3 is 10.2 Å². The predicted octanol–water partition coefficient (Wildman–Crippen LogP) is 3.30. The Morgan fingerprint density at radius 2 is 1.76 bits per heavy atom. The van der Waals surface area contributed by atoms with Gasteiger partial charge in [0.25, 0.3) is 0 Å². The first-order valence-electron chi connectivity index (χ1n) is 10.5. The molecule has 0 unspecified atom stereocenters. The summed E-state index contributed by atoms with van der Waals surface area (Å²) < 4.78 is 0. The Morgan fingerprint density at radius 3 is 2.41 bits per heavy atom. The fourth-order valence-electron chi connectivity index (χ4n) is 4.38. The molecule has 2 aliphatic heterocycles. The molecule has 1 aromatic carbocycles. The van der Waals surface area contributed by atoms with Gasteiger partial charge in [0.2, 0.25) is 5.91 Å². The highest BCUT2D eigenvalue weighted by atomic mass is 35.5. The molecule has 1 amide bonds. The van der Waals surface area contributed by atoms with Gasteiger partial charge in [0, 0.05) is 25.6 Å². The predicted molar refractivity (Wildman–Crippen MR) is 115 cm³/mol. The Hall–Kier alpha value is -2.18. The number of piperidine rings is 1. The number of nitrogens with one attached hydrogen (secondary N) is 1. The number of aromatic nitrogens is 2. The summed E-state index contributed by atoms with van der Waals surface area (Å²) in [5.74, 6) is 1.06. The van der Waals surface area contributed by atoms with Crippen molar-refractivity contribution in [1.29, 1.82) is 0 Å². The quantitative estimate of drug-likeness (QED) is 0.787. The zero-order valence-corrected chi connectivity index (χ0v) is 17.4. The molecule has 1 atom stereocenters. The molecule has 1 N–H and O–H groups in total. The third kappa shape index (κ3) is 5.06. The normalized spacial score (nSPS) is 19.3. The number of carbonyl (C=O) groups excluding carboxylic acids is 1. The van der Waals surface area contributed by atoms with E-state index in [0.29, 0.717) is 11.7 Å². The van der Waals surface area contributed by atoms with E-state index in [1.165, 1.54) is 18.4 Å². The second-order valence-electron chi connectivity index (χ2n) is 7.89. The van der Waals surface area contributed by atoms with Gasteiger partial charge in [-0.3, -0.25) is 9.69 Å². The summed E-state index contributed by atoms with van der Waals surface area (Å²) in [4.78, 5) is 17.5. The summed E-state index contributed by atoms with van der Waals surface area (Å²) in [5, 5.41) is 11.7. The summed E-state index contributed by atoms with van der Waals surface area (Å²) in [6.45, 7) is 4.50. The smallest absolute Gasteiger partial charge is 0.223 e. The summed E-state index contributed by atoms with van der Waals surface area (Å²) in [6.07, 6.45) is 4.14. The number of benzene rings is 1. The molecular formula is C22H28ClN5O. The molecule has 0 saturated carbocycles. The van der Waals surface area contributed by atoms with Crippen LogP contribution in [0.15, 0.2) is 42.5 Å². The largest absolute Gasteiger partial charge is 0.355 e. The van der Waals surface area contributed by atoms with Crippen LogP contribution in [0.5, 0.6) is 0 Å². The number of nitrogens with zero attached hydrogens (tertiary/aromatic N) is 4. The van der Waals surface area contributed by atoms with Crippen LogP contribution < -0.4 is 10.2 Å². The Bertz CT molecular complexity index is 787. The van der Waals surface area contributed by atoms with Crippen molar-refractivity contribution in [3.63, 3.8) is 0 Å². The number of likely N-dealkylation sites (tertiary alicyclic amines) is 1. The molecule has 7 heteroatoms. The molecule has 4 rings (SSSR count). The molecule has 29 heavy (non-hydrogen) atoms. The van der Waals surface area contributed by atoms with E-state index in [0.717, 1.165) is 44.8 Å². The van der Waals surface area contributed by atoms with Crippen molar-refractivity contribution in [2.24, 2.45) is 5.92 Å². The molecular weight excluding hydrogens is 386 g/mol. The van der Waals surface area contributed by atoms with Crippen molar-refractivity contribution in [3.8, 4) is 0 Å². The lowest BCUT2D eigenvalue weighted by molar-refractivity contribution is -0.125. The van der Waals surface area contributed by atoms with Crippen molar-refractivity contribution >= 4 is 23.3 Å². The highest BCUT2D eigenvalue weighted by Crippen LogP contribution is 2.26. The lowest BCUT2D eigenvalue weighted by Crippen LogP contribution is -2.43. The number of carbonyl (C=O) groups is 1. The Morgan fingerprint density at radius 1 is 1.03 bits per heavy atom.